The largest absolute Gasteiger partial charge is 0.392 e. The number of halogens is 1. The van der Waals surface area contributed by atoms with Crippen molar-refractivity contribution in [2.75, 3.05) is 11.4 Å². The van der Waals surface area contributed by atoms with Crippen LogP contribution in [-0.4, -0.2) is 17.7 Å². The molecule has 2 rings (SSSR count). The third-order valence-corrected chi connectivity index (χ3v) is 3.81. The molecule has 0 aromatic heterocycles. The lowest BCUT2D eigenvalue weighted by Gasteiger charge is -2.31. The van der Waals surface area contributed by atoms with E-state index in [1.807, 2.05) is 18.2 Å². The van der Waals surface area contributed by atoms with Gasteiger partial charge in [0.25, 0.3) is 0 Å². The van der Waals surface area contributed by atoms with Crippen LogP contribution in [0.1, 0.15) is 38.2 Å². The summed E-state index contributed by atoms with van der Waals surface area (Å²) in [5.41, 5.74) is 2.08. The van der Waals surface area contributed by atoms with Crippen molar-refractivity contribution in [2.24, 2.45) is 0 Å². The Morgan fingerprint density at radius 1 is 1.35 bits per heavy atom. The Balaban J connectivity index is 2.30. The molecule has 17 heavy (non-hydrogen) atoms. The molecule has 0 spiro atoms. The molecule has 1 heterocycles. The first-order valence-electron chi connectivity index (χ1n) is 6.38. The van der Waals surface area contributed by atoms with Gasteiger partial charge in [-0.2, -0.15) is 0 Å². The minimum absolute atomic E-state index is 0.0547. The predicted octanol–water partition coefficient (Wildman–Crippen LogP) is 3.60. The van der Waals surface area contributed by atoms with Gasteiger partial charge in [-0.1, -0.05) is 24.4 Å². The third kappa shape index (κ3) is 2.93. The highest BCUT2D eigenvalue weighted by Crippen LogP contribution is 2.29. The zero-order chi connectivity index (χ0) is 12.3. The SMILES string of the molecule is CC1CCCCCN1c1ccc(Cl)cc1CO. The summed E-state index contributed by atoms with van der Waals surface area (Å²) in [7, 11) is 0. The molecule has 0 radical (unpaired) electrons. The van der Waals surface area contributed by atoms with Gasteiger partial charge < -0.3 is 10.0 Å². The number of hydrogen-bond acceptors (Lipinski definition) is 2. The molecule has 1 fully saturated rings. The molecule has 3 heteroatoms. The Labute approximate surface area is 108 Å². The Kier molecular flexibility index (Phi) is 4.30. The lowest BCUT2D eigenvalue weighted by molar-refractivity contribution is 0.282. The maximum absolute atomic E-state index is 9.44. The van der Waals surface area contributed by atoms with Gasteiger partial charge in [0.15, 0.2) is 0 Å². The third-order valence-electron chi connectivity index (χ3n) is 3.57. The standard InChI is InChI=1S/C14H20ClNO/c1-11-5-3-2-4-8-16(11)14-7-6-13(15)9-12(14)10-17/h6-7,9,11,17H,2-5,8,10H2,1H3. The van der Waals surface area contributed by atoms with Crippen LogP contribution in [0, 0.1) is 0 Å². The van der Waals surface area contributed by atoms with Crippen molar-refractivity contribution in [3.8, 4) is 0 Å². The summed E-state index contributed by atoms with van der Waals surface area (Å²) in [6, 6.07) is 6.36. The van der Waals surface area contributed by atoms with Crippen LogP contribution in [0.15, 0.2) is 18.2 Å². The number of aliphatic hydroxyl groups is 1. The summed E-state index contributed by atoms with van der Waals surface area (Å²) in [6.45, 7) is 3.40. The average molecular weight is 254 g/mol. The number of anilines is 1. The second-order valence-electron chi connectivity index (χ2n) is 4.82. The molecule has 1 unspecified atom stereocenters. The number of hydrogen-bond donors (Lipinski definition) is 1. The van der Waals surface area contributed by atoms with Gasteiger partial charge in [0, 0.05) is 28.9 Å². The van der Waals surface area contributed by atoms with E-state index in [1.165, 1.54) is 25.7 Å². The van der Waals surface area contributed by atoms with Gasteiger partial charge in [0.2, 0.25) is 0 Å². The van der Waals surface area contributed by atoms with Gasteiger partial charge in [-0.05, 0) is 38.0 Å². The topological polar surface area (TPSA) is 23.5 Å². The van der Waals surface area contributed by atoms with Gasteiger partial charge in [0.1, 0.15) is 0 Å². The molecule has 0 amide bonds. The van der Waals surface area contributed by atoms with Crippen molar-refractivity contribution in [1.82, 2.24) is 0 Å². The van der Waals surface area contributed by atoms with E-state index in [-0.39, 0.29) is 6.61 Å². The van der Waals surface area contributed by atoms with Crippen molar-refractivity contribution in [3.05, 3.63) is 28.8 Å². The van der Waals surface area contributed by atoms with E-state index in [1.54, 1.807) is 0 Å². The molecule has 1 aromatic rings. The van der Waals surface area contributed by atoms with Crippen LogP contribution in [0.25, 0.3) is 0 Å². The van der Waals surface area contributed by atoms with Gasteiger partial charge in [-0.25, -0.2) is 0 Å². The fourth-order valence-corrected chi connectivity index (χ4v) is 2.79. The molecule has 1 aromatic carbocycles. The fourth-order valence-electron chi connectivity index (χ4n) is 2.59. The highest BCUT2D eigenvalue weighted by Gasteiger charge is 2.19. The Bertz CT molecular complexity index is 380. The summed E-state index contributed by atoms with van der Waals surface area (Å²) in [5, 5.41) is 10.1. The summed E-state index contributed by atoms with van der Waals surface area (Å²) < 4.78 is 0. The highest BCUT2D eigenvalue weighted by molar-refractivity contribution is 6.30. The fraction of sp³-hybridized carbons (Fsp3) is 0.571. The summed E-state index contributed by atoms with van der Waals surface area (Å²) in [5.74, 6) is 0. The monoisotopic (exact) mass is 253 g/mol. The van der Waals surface area contributed by atoms with Gasteiger partial charge in [0.05, 0.1) is 6.61 Å². The van der Waals surface area contributed by atoms with Crippen molar-refractivity contribution in [1.29, 1.82) is 0 Å². The summed E-state index contributed by atoms with van der Waals surface area (Å²) in [6.07, 6.45) is 5.08. The molecule has 0 bridgehead atoms. The predicted molar refractivity (Wildman–Crippen MR) is 72.7 cm³/mol. The van der Waals surface area contributed by atoms with Crippen LogP contribution in [0.2, 0.25) is 5.02 Å². The number of rotatable bonds is 2. The zero-order valence-electron chi connectivity index (χ0n) is 10.3. The van der Waals surface area contributed by atoms with E-state index in [9.17, 15) is 5.11 Å². The molecule has 2 nitrogen and oxygen atoms in total. The molecule has 0 aliphatic carbocycles. The highest BCUT2D eigenvalue weighted by atomic mass is 35.5. The Hall–Kier alpha value is -0.730. The first kappa shape index (κ1) is 12.7. The number of aliphatic hydroxyl groups excluding tert-OH is 1. The van der Waals surface area contributed by atoms with Crippen molar-refractivity contribution in [3.63, 3.8) is 0 Å². The molecular formula is C14H20ClNO. The second kappa shape index (κ2) is 5.74. The number of benzene rings is 1. The van der Waals surface area contributed by atoms with E-state index in [0.717, 1.165) is 17.8 Å². The molecule has 1 N–H and O–H groups in total. The van der Waals surface area contributed by atoms with Crippen LogP contribution < -0.4 is 4.90 Å². The molecule has 0 saturated carbocycles. The van der Waals surface area contributed by atoms with Crippen LogP contribution in [0.3, 0.4) is 0 Å². The first-order chi connectivity index (χ1) is 8.22. The van der Waals surface area contributed by atoms with Crippen LogP contribution >= 0.6 is 11.6 Å². The second-order valence-corrected chi connectivity index (χ2v) is 5.26. The first-order valence-corrected chi connectivity index (χ1v) is 6.76. The van der Waals surface area contributed by atoms with Gasteiger partial charge >= 0.3 is 0 Å². The average Bonchev–Trinajstić information content (AvgIpc) is 2.54. The Morgan fingerprint density at radius 3 is 2.94 bits per heavy atom. The van der Waals surface area contributed by atoms with Crippen LogP contribution in [-0.2, 0) is 6.61 Å². The normalized spacial score (nSPS) is 21.4. The van der Waals surface area contributed by atoms with E-state index in [0.29, 0.717) is 11.1 Å². The summed E-state index contributed by atoms with van der Waals surface area (Å²) in [4.78, 5) is 2.41. The maximum Gasteiger partial charge on any atom is 0.0702 e. The smallest absolute Gasteiger partial charge is 0.0702 e. The molecule has 1 aliphatic rings. The quantitative estimate of drug-likeness (QED) is 0.871. The van der Waals surface area contributed by atoms with E-state index in [4.69, 9.17) is 11.6 Å². The minimum Gasteiger partial charge on any atom is -0.392 e. The van der Waals surface area contributed by atoms with Gasteiger partial charge in [-0.3, -0.25) is 0 Å². The molecule has 1 saturated heterocycles. The van der Waals surface area contributed by atoms with E-state index >= 15 is 0 Å². The van der Waals surface area contributed by atoms with Crippen molar-refractivity contribution < 1.29 is 5.11 Å². The number of nitrogens with zero attached hydrogens (tertiary/aromatic N) is 1. The lowest BCUT2D eigenvalue weighted by atomic mass is 10.1. The summed E-state index contributed by atoms with van der Waals surface area (Å²) >= 11 is 5.97. The van der Waals surface area contributed by atoms with Crippen LogP contribution in [0.4, 0.5) is 5.69 Å². The Morgan fingerprint density at radius 2 is 2.18 bits per heavy atom. The van der Waals surface area contributed by atoms with E-state index < -0.39 is 0 Å². The van der Waals surface area contributed by atoms with Gasteiger partial charge in [-0.15, -0.1) is 0 Å². The molecular weight excluding hydrogens is 234 g/mol. The minimum atomic E-state index is 0.0547. The molecule has 1 atom stereocenters. The molecule has 94 valence electrons. The molecule has 1 aliphatic heterocycles. The van der Waals surface area contributed by atoms with Crippen LogP contribution in [0.5, 0.6) is 0 Å². The van der Waals surface area contributed by atoms with Crippen molar-refractivity contribution in [2.45, 2.75) is 45.3 Å². The lowest BCUT2D eigenvalue weighted by Crippen LogP contribution is -2.33. The zero-order valence-corrected chi connectivity index (χ0v) is 11.1. The van der Waals surface area contributed by atoms with Crippen molar-refractivity contribution >= 4 is 17.3 Å². The van der Waals surface area contributed by atoms with E-state index in [2.05, 4.69) is 11.8 Å². The maximum atomic E-state index is 9.44.